The highest BCUT2D eigenvalue weighted by molar-refractivity contribution is 7.19. The zero-order chi connectivity index (χ0) is 12.3. The zero-order valence-corrected chi connectivity index (χ0v) is 12.9. The van der Waals surface area contributed by atoms with Crippen LogP contribution in [0.15, 0.2) is 0 Å². The first-order valence-electron chi connectivity index (χ1n) is 6.27. The molecule has 1 aliphatic heterocycles. The van der Waals surface area contributed by atoms with Gasteiger partial charge in [0.1, 0.15) is 6.10 Å². The van der Waals surface area contributed by atoms with E-state index >= 15 is 0 Å². The average molecular weight is 265 g/mol. The fourth-order valence-electron chi connectivity index (χ4n) is 1.69. The molecule has 0 radical (unpaired) electrons. The largest absolute Gasteiger partial charge is 0.350 e. The molecule has 1 saturated heterocycles. The molecule has 2 nitrogen and oxygen atoms in total. The van der Waals surface area contributed by atoms with E-state index in [0.29, 0.717) is 17.9 Å². The topological polar surface area (TPSA) is 21.8 Å². The van der Waals surface area contributed by atoms with E-state index < -0.39 is 7.38 Å². The summed E-state index contributed by atoms with van der Waals surface area (Å²) < 4.78 is 11.2. The molecule has 0 amide bonds. The molecule has 16 heavy (non-hydrogen) atoms. The summed E-state index contributed by atoms with van der Waals surface area (Å²) in [4.78, 5) is 0. The monoisotopic (exact) mass is 264 g/mol. The highest BCUT2D eigenvalue weighted by Crippen LogP contribution is 2.34. The molecular formula is C12H25ClO2Si. The molecule has 0 bridgehead atoms. The Labute approximate surface area is 105 Å². The van der Waals surface area contributed by atoms with Crippen molar-refractivity contribution in [3.05, 3.63) is 0 Å². The second-order valence-electron chi connectivity index (χ2n) is 5.77. The molecule has 96 valence electrons. The van der Waals surface area contributed by atoms with Crippen molar-refractivity contribution in [3.63, 3.8) is 0 Å². The van der Waals surface area contributed by atoms with Crippen LogP contribution in [0.1, 0.15) is 27.2 Å². The first-order valence-corrected chi connectivity index (χ1v) is 10.5. The zero-order valence-electron chi connectivity index (χ0n) is 11.1. The minimum atomic E-state index is -1.41. The molecule has 4 heteroatoms. The van der Waals surface area contributed by atoms with E-state index in [4.69, 9.17) is 20.6 Å². The SMILES string of the molecule is CC(C)C(C)C1OC1OCCC[Si](C)(C)Cl. The molecule has 0 aromatic carbocycles. The Morgan fingerprint density at radius 3 is 2.44 bits per heavy atom. The molecule has 1 fully saturated rings. The first kappa shape index (κ1) is 14.5. The highest BCUT2D eigenvalue weighted by atomic mass is 35.6. The van der Waals surface area contributed by atoms with Crippen molar-refractivity contribution >= 4 is 18.5 Å². The van der Waals surface area contributed by atoms with Crippen molar-refractivity contribution < 1.29 is 9.47 Å². The second-order valence-corrected chi connectivity index (χ2v) is 12.8. The van der Waals surface area contributed by atoms with Crippen LogP contribution in [-0.2, 0) is 9.47 Å². The van der Waals surface area contributed by atoms with Crippen molar-refractivity contribution in [2.75, 3.05) is 6.61 Å². The van der Waals surface area contributed by atoms with E-state index in [-0.39, 0.29) is 6.29 Å². The number of hydrogen-bond acceptors (Lipinski definition) is 2. The molecule has 0 aliphatic carbocycles. The van der Waals surface area contributed by atoms with Crippen LogP contribution >= 0.6 is 11.1 Å². The van der Waals surface area contributed by atoms with Crippen molar-refractivity contribution in [2.24, 2.45) is 11.8 Å². The molecule has 0 N–H and O–H groups in total. The van der Waals surface area contributed by atoms with E-state index in [1.807, 2.05) is 0 Å². The molecule has 3 atom stereocenters. The fraction of sp³-hybridized carbons (Fsp3) is 1.00. The van der Waals surface area contributed by atoms with Gasteiger partial charge in [0.15, 0.2) is 13.7 Å². The normalized spacial score (nSPS) is 27.2. The summed E-state index contributed by atoms with van der Waals surface area (Å²) in [5.41, 5.74) is 0. The molecule has 0 aromatic rings. The summed E-state index contributed by atoms with van der Waals surface area (Å²) in [5.74, 6) is 1.25. The molecule has 3 unspecified atom stereocenters. The van der Waals surface area contributed by atoms with Gasteiger partial charge in [-0.25, -0.2) is 0 Å². The summed E-state index contributed by atoms with van der Waals surface area (Å²) in [6.07, 6.45) is 1.43. The Balaban J connectivity index is 2.05. The maximum atomic E-state index is 6.24. The molecule has 0 aromatic heterocycles. The third kappa shape index (κ3) is 5.17. The van der Waals surface area contributed by atoms with Gasteiger partial charge in [-0.3, -0.25) is 0 Å². The fourth-order valence-corrected chi connectivity index (χ4v) is 3.07. The van der Waals surface area contributed by atoms with Gasteiger partial charge in [0, 0.05) is 6.61 Å². The Morgan fingerprint density at radius 1 is 1.31 bits per heavy atom. The number of halogens is 1. The Bertz CT molecular complexity index is 216. The Morgan fingerprint density at radius 2 is 1.94 bits per heavy atom. The molecular weight excluding hydrogens is 240 g/mol. The molecule has 0 saturated carbocycles. The predicted molar refractivity (Wildman–Crippen MR) is 71.4 cm³/mol. The van der Waals surface area contributed by atoms with E-state index in [9.17, 15) is 0 Å². The smallest absolute Gasteiger partial charge is 0.184 e. The van der Waals surface area contributed by atoms with E-state index in [0.717, 1.165) is 19.1 Å². The van der Waals surface area contributed by atoms with Crippen molar-refractivity contribution in [3.8, 4) is 0 Å². The minimum absolute atomic E-state index is 0.0532. The number of hydrogen-bond donors (Lipinski definition) is 0. The summed E-state index contributed by atoms with van der Waals surface area (Å²) in [6.45, 7) is 11.8. The van der Waals surface area contributed by atoms with Crippen LogP contribution in [0.2, 0.25) is 19.1 Å². The molecule has 1 heterocycles. The summed E-state index contributed by atoms with van der Waals surface area (Å²) in [7, 11) is -1.41. The maximum Gasteiger partial charge on any atom is 0.184 e. The number of epoxide rings is 1. The summed E-state index contributed by atoms with van der Waals surface area (Å²) >= 11 is 6.24. The third-order valence-corrected chi connectivity index (χ3v) is 5.36. The third-order valence-electron chi connectivity index (χ3n) is 3.25. The minimum Gasteiger partial charge on any atom is -0.350 e. The van der Waals surface area contributed by atoms with Gasteiger partial charge >= 0.3 is 0 Å². The lowest BCUT2D eigenvalue weighted by molar-refractivity contribution is 0.0506. The standard InChI is InChI=1S/C12H25ClO2Si/c1-9(2)10(3)11-12(15-11)14-7-6-8-16(4,5)13/h9-12H,6-8H2,1-5H3. The van der Waals surface area contributed by atoms with Gasteiger partial charge in [-0.15, -0.1) is 0 Å². The maximum absolute atomic E-state index is 6.24. The number of ether oxygens (including phenoxy) is 2. The van der Waals surface area contributed by atoms with Crippen LogP contribution in [0.3, 0.4) is 0 Å². The van der Waals surface area contributed by atoms with Gasteiger partial charge < -0.3 is 9.47 Å². The second kappa shape index (κ2) is 5.85. The van der Waals surface area contributed by atoms with Gasteiger partial charge in [0.25, 0.3) is 0 Å². The van der Waals surface area contributed by atoms with Crippen LogP contribution in [0.5, 0.6) is 0 Å². The van der Waals surface area contributed by atoms with E-state index in [2.05, 4.69) is 33.9 Å². The first-order chi connectivity index (χ1) is 7.31. The van der Waals surface area contributed by atoms with Gasteiger partial charge in [-0.1, -0.05) is 33.9 Å². The van der Waals surface area contributed by atoms with Gasteiger partial charge in [-0.05, 0) is 24.3 Å². The average Bonchev–Trinajstić information content (AvgIpc) is 2.89. The molecule has 0 spiro atoms. The summed E-state index contributed by atoms with van der Waals surface area (Å²) in [6, 6.07) is 1.12. The van der Waals surface area contributed by atoms with Crippen LogP contribution in [0.25, 0.3) is 0 Å². The molecule has 1 rings (SSSR count). The van der Waals surface area contributed by atoms with Crippen LogP contribution in [-0.4, -0.2) is 26.4 Å². The lowest BCUT2D eigenvalue weighted by Crippen LogP contribution is -2.18. The van der Waals surface area contributed by atoms with Crippen molar-refractivity contribution in [1.29, 1.82) is 0 Å². The quantitative estimate of drug-likeness (QED) is 0.302. The van der Waals surface area contributed by atoms with Crippen molar-refractivity contribution in [2.45, 2.75) is 58.7 Å². The van der Waals surface area contributed by atoms with Crippen LogP contribution in [0.4, 0.5) is 0 Å². The van der Waals surface area contributed by atoms with Crippen molar-refractivity contribution in [1.82, 2.24) is 0 Å². The van der Waals surface area contributed by atoms with E-state index in [1.165, 1.54) is 0 Å². The summed E-state index contributed by atoms with van der Waals surface area (Å²) in [5, 5.41) is 0. The lowest BCUT2D eigenvalue weighted by atomic mass is 9.95. The van der Waals surface area contributed by atoms with Crippen LogP contribution in [0, 0.1) is 11.8 Å². The molecule has 1 aliphatic rings. The predicted octanol–water partition coefficient (Wildman–Crippen LogP) is 3.85. The van der Waals surface area contributed by atoms with Gasteiger partial charge in [0.2, 0.25) is 0 Å². The Kier molecular flexibility index (Phi) is 5.30. The van der Waals surface area contributed by atoms with E-state index in [1.54, 1.807) is 0 Å². The Hall–Kier alpha value is 0.427. The van der Waals surface area contributed by atoms with Gasteiger partial charge in [-0.2, -0.15) is 11.1 Å². The number of rotatable bonds is 7. The highest BCUT2D eigenvalue weighted by Gasteiger charge is 2.44. The van der Waals surface area contributed by atoms with Gasteiger partial charge in [0.05, 0.1) is 0 Å². The lowest BCUT2D eigenvalue weighted by Gasteiger charge is -2.13. The van der Waals surface area contributed by atoms with Crippen LogP contribution < -0.4 is 0 Å².